The van der Waals surface area contributed by atoms with Crippen molar-refractivity contribution < 1.29 is 0 Å². The molecule has 2 aromatic heterocycles. The fraction of sp³-hybridized carbons (Fsp3) is 0.462. The molecule has 17 heavy (non-hydrogen) atoms. The van der Waals surface area contributed by atoms with Crippen molar-refractivity contribution in [3.63, 3.8) is 0 Å². The van der Waals surface area contributed by atoms with Crippen LogP contribution in [0, 0.1) is 6.92 Å². The first-order valence-corrected chi connectivity index (χ1v) is 6.48. The quantitative estimate of drug-likeness (QED) is 0.887. The molecule has 1 saturated heterocycles. The lowest BCUT2D eigenvalue weighted by atomic mass is 10.1. The molecule has 1 unspecified atom stereocenters. The molecule has 0 bridgehead atoms. The number of imidazole rings is 1. The average molecular weight is 250 g/mol. The summed E-state index contributed by atoms with van der Waals surface area (Å²) in [6.07, 6.45) is 5.49. The number of hydrogen-bond acceptors (Lipinski definition) is 2. The van der Waals surface area contributed by atoms with Gasteiger partial charge in [0.15, 0.2) is 0 Å². The minimum Gasteiger partial charge on any atom is -0.314 e. The standard InChI is InChI=1S/C13H16ClN3/c1-9-12(7-11-3-2-6-15-11)16-13-5-4-10(14)8-17(9)13/h4-5,8,11,15H,2-3,6-7H2,1H3. The summed E-state index contributed by atoms with van der Waals surface area (Å²) in [5.41, 5.74) is 3.38. The molecule has 3 rings (SSSR count). The van der Waals surface area contributed by atoms with E-state index in [1.54, 1.807) is 0 Å². The van der Waals surface area contributed by atoms with Gasteiger partial charge in [-0.3, -0.25) is 0 Å². The van der Waals surface area contributed by atoms with Gasteiger partial charge < -0.3 is 9.72 Å². The number of nitrogens with one attached hydrogen (secondary N) is 1. The van der Waals surface area contributed by atoms with Crippen LogP contribution >= 0.6 is 11.6 Å². The molecule has 3 nitrogen and oxygen atoms in total. The van der Waals surface area contributed by atoms with E-state index >= 15 is 0 Å². The van der Waals surface area contributed by atoms with Gasteiger partial charge in [-0.25, -0.2) is 4.98 Å². The number of halogens is 1. The highest BCUT2D eigenvalue weighted by atomic mass is 35.5. The van der Waals surface area contributed by atoms with Gasteiger partial charge in [-0.2, -0.15) is 0 Å². The number of aryl methyl sites for hydroxylation is 1. The van der Waals surface area contributed by atoms with Crippen molar-refractivity contribution in [1.82, 2.24) is 14.7 Å². The normalized spacial score (nSPS) is 20.2. The van der Waals surface area contributed by atoms with E-state index in [0.29, 0.717) is 6.04 Å². The van der Waals surface area contributed by atoms with Gasteiger partial charge in [0.05, 0.1) is 10.7 Å². The van der Waals surface area contributed by atoms with E-state index in [0.717, 1.165) is 23.6 Å². The zero-order chi connectivity index (χ0) is 11.8. The largest absolute Gasteiger partial charge is 0.314 e. The SMILES string of the molecule is Cc1c(CC2CCCN2)nc2ccc(Cl)cn12. The van der Waals surface area contributed by atoms with E-state index in [1.165, 1.54) is 24.2 Å². The van der Waals surface area contributed by atoms with Crippen molar-refractivity contribution in [2.24, 2.45) is 0 Å². The van der Waals surface area contributed by atoms with E-state index in [1.807, 2.05) is 18.3 Å². The van der Waals surface area contributed by atoms with Crippen LogP contribution in [0.25, 0.3) is 5.65 Å². The van der Waals surface area contributed by atoms with E-state index in [9.17, 15) is 0 Å². The molecule has 1 aliphatic rings. The molecule has 0 spiro atoms. The Morgan fingerprint density at radius 2 is 2.41 bits per heavy atom. The van der Waals surface area contributed by atoms with Crippen molar-refractivity contribution in [3.05, 3.63) is 34.7 Å². The molecule has 0 saturated carbocycles. The molecule has 0 aromatic carbocycles. The molecule has 0 aliphatic carbocycles. The van der Waals surface area contributed by atoms with Crippen molar-refractivity contribution in [1.29, 1.82) is 0 Å². The molecule has 2 aromatic rings. The van der Waals surface area contributed by atoms with E-state index in [-0.39, 0.29) is 0 Å². The molecule has 0 radical (unpaired) electrons. The van der Waals surface area contributed by atoms with Crippen LogP contribution in [0.2, 0.25) is 5.02 Å². The fourth-order valence-corrected chi connectivity index (χ4v) is 2.70. The van der Waals surface area contributed by atoms with Gasteiger partial charge in [-0.1, -0.05) is 11.6 Å². The first-order valence-electron chi connectivity index (χ1n) is 6.10. The highest BCUT2D eigenvalue weighted by molar-refractivity contribution is 6.30. The molecule has 90 valence electrons. The summed E-state index contributed by atoms with van der Waals surface area (Å²) >= 11 is 6.01. The maximum Gasteiger partial charge on any atom is 0.137 e. The minimum absolute atomic E-state index is 0.592. The number of nitrogens with zero attached hydrogens (tertiary/aromatic N) is 2. The smallest absolute Gasteiger partial charge is 0.137 e. The van der Waals surface area contributed by atoms with Crippen molar-refractivity contribution in [2.75, 3.05) is 6.54 Å². The van der Waals surface area contributed by atoms with Crippen LogP contribution < -0.4 is 5.32 Å². The van der Waals surface area contributed by atoms with Crippen LogP contribution in [0.4, 0.5) is 0 Å². The summed E-state index contributed by atoms with van der Waals surface area (Å²) in [4.78, 5) is 4.68. The predicted molar refractivity (Wildman–Crippen MR) is 69.7 cm³/mol. The van der Waals surface area contributed by atoms with Gasteiger partial charge in [0.1, 0.15) is 5.65 Å². The Balaban J connectivity index is 1.96. The molecule has 0 amide bonds. The van der Waals surface area contributed by atoms with Crippen LogP contribution in [0.3, 0.4) is 0 Å². The molecule has 4 heteroatoms. The summed E-state index contributed by atoms with van der Waals surface area (Å²) in [5, 5.41) is 4.27. The lowest BCUT2D eigenvalue weighted by Gasteiger charge is -2.08. The van der Waals surface area contributed by atoms with Crippen molar-refractivity contribution in [3.8, 4) is 0 Å². The predicted octanol–water partition coefficient (Wildman–Crippen LogP) is 2.59. The molecule has 1 aliphatic heterocycles. The summed E-state index contributed by atoms with van der Waals surface area (Å²) < 4.78 is 2.08. The third kappa shape index (κ3) is 2.05. The highest BCUT2D eigenvalue weighted by Gasteiger charge is 2.18. The van der Waals surface area contributed by atoms with Crippen molar-refractivity contribution >= 4 is 17.2 Å². The maximum absolute atomic E-state index is 6.01. The van der Waals surface area contributed by atoms with Crippen LogP contribution in [-0.2, 0) is 6.42 Å². The Labute approximate surface area is 106 Å². The Morgan fingerprint density at radius 3 is 3.18 bits per heavy atom. The molecule has 1 atom stereocenters. The summed E-state index contributed by atoms with van der Waals surface area (Å²) in [6.45, 7) is 3.25. The molecule has 1 N–H and O–H groups in total. The second-order valence-electron chi connectivity index (χ2n) is 4.72. The molecule has 1 fully saturated rings. The fourth-order valence-electron chi connectivity index (χ4n) is 2.54. The van der Waals surface area contributed by atoms with Crippen LogP contribution in [0.1, 0.15) is 24.2 Å². The van der Waals surface area contributed by atoms with E-state index < -0.39 is 0 Å². The van der Waals surface area contributed by atoms with Crippen LogP contribution in [-0.4, -0.2) is 22.0 Å². The highest BCUT2D eigenvalue weighted by Crippen LogP contribution is 2.19. The van der Waals surface area contributed by atoms with Crippen molar-refractivity contribution in [2.45, 2.75) is 32.2 Å². The molecular formula is C13H16ClN3. The Bertz CT molecular complexity index is 541. The topological polar surface area (TPSA) is 29.3 Å². The number of hydrogen-bond donors (Lipinski definition) is 1. The molecule has 3 heterocycles. The Kier molecular flexibility index (Phi) is 2.81. The zero-order valence-electron chi connectivity index (χ0n) is 9.91. The monoisotopic (exact) mass is 249 g/mol. The Morgan fingerprint density at radius 1 is 1.53 bits per heavy atom. The molecular weight excluding hydrogens is 234 g/mol. The average Bonchev–Trinajstić information content (AvgIpc) is 2.91. The Hall–Kier alpha value is -1.06. The van der Waals surface area contributed by atoms with E-state index in [4.69, 9.17) is 11.6 Å². The minimum atomic E-state index is 0.592. The maximum atomic E-state index is 6.01. The first-order chi connectivity index (χ1) is 8.24. The third-order valence-electron chi connectivity index (χ3n) is 3.52. The summed E-state index contributed by atoms with van der Waals surface area (Å²) in [7, 11) is 0. The van der Waals surface area contributed by atoms with Gasteiger partial charge in [0.2, 0.25) is 0 Å². The number of fused-ring (bicyclic) bond motifs is 1. The van der Waals surface area contributed by atoms with Crippen LogP contribution in [0.5, 0.6) is 0 Å². The number of rotatable bonds is 2. The third-order valence-corrected chi connectivity index (χ3v) is 3.75. The van der Waals surface area contributed by atoms with E-state index in [2.05, 4.69) is 21.6 Å². The van der Waals surface area contributed by atoms with Crippen LogP contribution in [0.15, 0.2) is 18.3 Å². The second kappa shape index (κ2) is 4.31. The number of aromatic nitrogens is 2. The lowest BCUT2D eigenvalue weighted by molar-refractivity contribution is 0.595. The van der Waals surface area contributed by atoms with Gasteiger partial charge >= 0.3 is 0 Å². The lowest BCUT2D eigenvalue weighted by Crippen LogP contribution is -2.24. The van der Waals surface area contributed by atoms with Gasteiger partial charge in [0.25, 0.3) is 0 Å². The first kappa shape index (κ1) is 11.1. The second-order valence-corrected chi connectivity index (χ2v) is 5.15. The van der Waals surface area contributed by atoms with Gasteiger partial charge in [-0.15, -0.1) is 0 Å². The number of pyridine rings is 1. The summed E-state index contributed by atoms with van der Waals surface area (Å²) in [5.74, 6) is 0. The van der Waals surface area contributed by atoms with Gasteiger partial charge in [0, 0.05) is 24.4 Å². The van der Waals surface area contributed by atoms with Gasteiger partial charge in [-0.05, 0) is 38.4 Å². The summed E-state index contributed by atoms with van der Waals surface area (Å²) in [6, 6.07) is 4.45. The zero-order valence-corrected chi connectivity index (χ0v) is 10.7.